The average Bonchev–Trinajstić information content (AvgIpc) is 2.70. The second-order valence-corrected chi connectivity index (χ2v) is 7.06. The summed E-state index contributed by atoms with van der Waals surface area (Å²) >= 11 is 5.78. The van der Waals surface area contributed by atoms with Crippen LogP contribution < -0.4 is 10.9 Å². The minimum absolute atomic E-state index is 0.210. The van der Waals surface area contributed by atoms with Crippen LogP contribution in [0.3, 0.4) is 0 Å². The SMILES string of the molecule is O=c1cc(C(F)(F)F)nc(Nc2ccc([N+](=O)[O-])cc2C(F)(F)F)n1Cc1ccc(Cl)cc1. The molecule has 3 aromatic rings. The van der Waals surface area contributed by atoms with Gasteiger partial charge in [0.15, 0.2) is 5.69 Å². The van der Waals surface area contributed by atoms with Crippen LogP contribution in [0.4, 0.5) is 43.7 Å². The molecule has 0 bridgehead atoms. The summed E-state index contributed by atoms with van der Waals surface area (Å²) in [6.07, 6.45) is -10.2. The number of nitrogens with zero attached hydrogens (tertiary/aromatic N) is 3. The Morgan fingerprint density at radius 3 is 2.18 bits per heavy atom. The van der Waals surface area contributed by atoms with Crippen molar-refractivity contribution in [2.45, 2.75) is 18.9 Å². The summed E-state index contributed by atoms with van der Waals surface area (Å²) in [5.74, 6) is -0.843. The van der Waals surface area contributed by atoms with Gasteiger partial charge in [-0.15, -0.1) is 0 Å². The van der Waals surface area contributed by atoms with Crippen molar-refractivity contribution in [3.8, 4) is 0 Å². The molecule has 3 rings (SSSR count). The van der Waals surface area contributed by atoms with E-state index in [0.717, 1.165) is 6.07 Å². The summed E-state index contributed by atoms with van der Waals surface area (Å²) in [4.78, 5) is 25.5. The first kappa shape index (κ1) is 24.0. The fraction of sp³-hybridized carbons (Fsp3) is 0.158. The number of hydrogen-bond donors (Lipinski definition) is 1. The number of non-ortho nitro benzene ring substituents is 1. The number of alkyl halides is 6. The number of benzene rings is 2. The lowest BCUT2D eigenvalue weighted by molar-refractivity contribution is -0.385. The number of halogens is 7. The van der Waals surface area contributed by atoms with E-state index in [1.54, 1.807) is 0 Å². The molecule has 0 aliphatic heterocycles. The molecule has 0 unspecified atom stereocenters. The van der Waals surface area contributed by atoms with Gasteiger partial charge in [0.2, 0.25) is 5.95 Å². The van der Waals surface area contributed by atoms with Crippen LogP contribution in [0.15, 0.2) is 53.3 Å². The highest BCUT2D eigenvalue weighted by molar-refractivity contribution is 6.30. The lowest BCUT2D eigenvalue weighted by Gasteiger charge is -2.18. The molecule has 0 amide bonds. The zero-order valence-electron chi connectivity index (χ0n) is 16.0. The first-order chi connectivity index (χ1) is 15.3. The summed E-state index contributed by atoms with van der Waals surface area (Å²) in [6.45, 7) is -0.349. The van der Waals surface area contributed by atoms with E-state index in [1.807, 2.05) is 0 Å². The molecule has 33 heavy (non-hydrogen) atoms. The van der Waals surface area contributed by atoms with E-state index in [-0.39, 0.29) is 18.7 Å². The highest BCUT2D eigenvalue weighted by Gasteiger charge is 2.37. The Hall–Kier alpha value is -3.61. The smallest absolute Gasteiger partial charge is 0.325 e. The standard InChI is InChI=1S/C19H11ClF6N4O3/c20-11-3-1-10(2-4-11)9-29-16(31)8-15(19(24,25)26)28-17(29)27-14-6-5-12(30(32)33)7-13(14)18(21,22)23/h1-8H,9H2,(H,27,28). The molecule has 0 atom stereocenters. The summed E-state index contributed by atoms with van der Waals surface area (Å²) in [5.41, 5.74) is -5.66. The van der Waals surface area contributed by atoms with Crippen molar-refractivity contribution < 1.29 is 31.3 Å². The van der Waals surface area contributed by atoms with Crippen LogP contribution in [0.1, 0.15) is 16.8 Å². The van der Waals surface area contributed by atoms with Crippen LogP contribution in [-0.4, -0.2) is 14.5 Å². The summed E-state index contributed by atoms with van der Waals surface area (Å²) in [5, 5.41) is 13.3. The summed E-state index contributed by atoms with van der Waals surface area (Å²) in [6, 6.07) is 7.65. The Bertz CT molecular complexity index is 1260. The average molecular weight is 493 g/mol. The van der Waals surface area contributed by atoms with Gasteiger partial charge in [0.05, 0.1) is 22.7 Å². The van der Waals surface area contributed by atoms with Crippen LogP contribution in [0.25, 0.3) is 0 Å². The lowest BCUT2D eigenvalue weighted by atomic mass is 10.1. The van der Waals surface area contributed by atoms with E-state index in [1.165, 1.54) is 24.3 Å². The number of nitro benzene ring substituents is 1. The quantitative estimate of drug-likeness (QED) is 0.283. The van der Waals surface area contributed by atoms with Crippen molar-refractivity contribution in [1.29, 1.82) is 0 Å². The molecule has 0 radical (unpaired) electrons. The number of rotatable bonds is 5. The second-order valence-electron chi connectivity index (χ2n) is 6.62. The van der Waals surface area contributed by atoms with Gasteiger partial charge in [0, 0.05) is 23.2 Å². The topological polar surface area (TPSA) is 90.1 Å². The Kier molecular flexibility index (Phi) is 6.36. The molecule has 14 heteroatoms. The van der Waals surface area contributed by atoms with Crippen LogP contribution in [-0.2, 0) is 18.9 Å². The Balaban J connectivity index is 2.16. The van der Waals surface area contributed by atoms with Gasteiger partial charge in [0.1, 0.15) is 0 Å². The predicted molar refractivity (Wildman–Crippen MR) is 105 cm³/mol. The third-order valence-electron chi connectivity index (χ3n) is 4.32. The van der Waals surface area contributed by atoms with Gasteiger partial charge in [-0.1, -0.05) is 23.7 Å². The number of anilines is 2. The van der Waals surface area contributed by atoms with Gasteiger partial charge in [-0.3, -0.25) is 19.5 Å². The van der Waals surface area contributed by atoms with Crippen LogP contribution in [0.5, 0.6) is 0 Å². The van der Waals surface area contributed by atoms with Gasteiger partial charge in [-0.25, -0.2) is 4.98 Å². The highest BCUT2D eigenvalue weighted by atomic mass is 35.5. The molecule has 174 valence electrons. The van der Waals surface area contributed by atoms with E-state index in [9.17, 15) is 41.3 Å². The lowest BCUT2D eigenvalue weighted by Crippen LogP contribution is -2.27. The van der Waals surface area contributed by atoms with Crippen LogP contribution in [0, 0.1) is 10.1 Å². The first-order valence-corrected chi connectivity index (χ1v) is 9.19. The van der Waals surface area contributed by atoms with E-state index in [0.29, 0.717) is 21.2 Å². The maximum Gasteiger partial charge on any atom is 0.433 e. The number of aromatic nitrogens is 2. The second kappa shape index (κ2) is 8.73. The van der Waals surface area contributed by atoms with Gasteiger partial charge >= 0.3 is 12.4 Å². The Labute approximate surface area is 185 Å². The van der Waals surface area contributed by atoms with E-state index >= 15 is 0 Å². The largest absolute Gasteiger partial charge is 0.433 e. The van der Waals surface area contributed by atoms with Gasteiger partial charge < -0.3 is 5.32 Å². The minimum atomic E-state index is -5.10. The summed E-state index contributed by atoms with van der Waals surface area (Å²) in [7, 11) is 0. The van der Waals surface area contributed by atoms with Gasteiger partial charge in [-0.05, 0) is 23.8 Å². The molecular weight excluding hydrogens is 482 g/mol. The molecule has 0 aliphatic carbocycles. The molecule has 0 saturated heterocycles. The third-order valence-corrected chi connectivity index (χ3v) is 4.57. The molecule has 0 spiro atoms. The minimum Gasteiger partial charge on any atom is -0.325 e. The Morgan fingerprint density at radius 2 is 1.64 bits per heavy atom. The zero-order valence-corrected chi connectivity index (χ0v) is 16.8. The third kappa shape index (κ3) is 5.61. The molecule has 1 heterocycles. The number of hydrogen-bond acceptors (Lipinski definition) is 5. The number of nitro groups is 1. The normalized spacial score (nSPS) is 12.0. The molecule has 0 aliphatic rings. The first-order valence-electron chi connectivity index (χ1n) is 8.82. The molecular formula is C19H11ClF6N4O3. The Morgan fingerprint density at radius 1 is 1.00 bits per heavy atom. The fourth-order valence-corrected chi connectivity index (χ4v) is 2.91. The molecule has 2 aromatic carbocycles. The summed E-state index contributed by atoms with van der Waals surface area (Å²) < 4.78 is 80.7. The van der Waals surface area contributed by atoms with Crippen molar-refractivity contribution in [3.63, 3.8) is 0 Å². The van der Waals surface area contributed by atoms with Gasteiger partial charge in [-0.2, -0.15) is 26.3 Å². The molecule has 7 nitrogen and oxygen atoms in total. The van der Waals surface area contributed by atoms with Crippen LogP contribution >= 0.6 is 11.6 Å². The molecule has 0 fully saturated rings. The van der Waals surface area contributed by atoms with E-state index in [4.69, 9.17) is 11.6 Å². The molecule has 1 aromatic heterocycles. The maximum absolute atomic E-state index is 13.5. The number of nitrogens with one attached hydrogen (secondary N) is 1. The maximum atomic E-state index is 13.5. The van der Waals surface area contributed by atoms with Gasteiger partial charge in [0.25, 0.3) is 11.2 Å². The van der Waals surface area contributed by atoms with E-state index < -0.39 is 51.4 Å². The van der Waals surface area contributed by atoms with Crippen molar-refractivity contribution in [1.82, 2.24) is 9.55 Å². The van der Waals surface area contributed by atoms with Crippen molar-refractivity contribution >= 4 is 28.9 Å². The predicted octanol–water partition coefficient (Wildman–Crippen LogP) is 5.63. The molecule has 1 N–H and O–H groups in total. The monoisotopic (exact) mass is 492 g/mol. The highest BCUT2D eigenvalue weighted by Crippen LogP contribution is 2.38. The van der Waals surface area contributed by atoms with Crippen molar-refractivity contribution in [2.75, 3.05) is 5.32 Å². The zero-order chi connectivity index (χ0) is 24.6. The fourth-order valence-electron chi connectivity index (χ4n) is 2.78. The van der Waals surface area contributed by atoms with Crippen molar-refractivity contribution in [3.05, 3.63) is 90.8 Å². The van der Waals surface area contributed by atoms with E-state index in [2.05, 4.69) is 10.3 Å². The molecule has 0 saturated carbocycles. The van der Waals surface area contributed by atoms with Crippen molar-refractivity contribution in [2.24, 2.45) is 0 Å². The van der Waals surface area contributed by atoms with Crippen LogP contribution in [0.2, 0.25) is 5.02 Å².